The Morgan fingerprint density at radius 1 is 1.20 bits per heavy atom. The Bertz CT molecular complexity index is 344. The maximum atomic E-state index is 12.2. The lowest BCUT2D eigenvalue weighted by molar-refractivity contribution is -0.150. The van der Waals surface area contributed by atoms with Crippen LogP contribution in [0.15, 0.2) is 0 Å². The number of carboxylic acid groups (broad SMARTS) is 1. The number of hydrogen-bond acceptors (Lipinski definition) is 4. The van der Waals surface area contributed by atoms with Crippen molar-refractivity contribution >= 4 is 23.6 Å². The molecule has 0 radical (unpaired) electrons. The molecule has 114 valence electrons. The van der Waals surface area contributed by atoms with Crippen LogP contribution in [0.3, 0.4) is 0 Å². The maximum absolute atomic E-state index is 12.2. The molecule has 2 unspecified atom stereocenters. The van der Waals surface area contributed by atoms with Crippen LogP contribution < -0.4 is 0 Å². The summed E-state index contributed by atoms with van der Waals surface area (Å²) >= 11 is 1.57. The summed E-state index contributed by atoms with van der Waals surface area (Å²) in [6.07, 6.45) is 6.05. The number of amides is 1. The van der Waals surface area contributed by atoms with Crippen molar-refractivity contribution in [2.75, 3.05) is 24.7 Å². The van der Waals surface area contributed by atoms with Crippen LogP contribution in [0, 0.1) is 0 Å². The summed E-state index contributed by atoms with van der Waals surface area (Å²) in [4.78, 5) is 24.9. The molecule has 2 fully saturated rings. The zero-order chi connectivity index (χ0) is 14.4. The SMILES string of the molecule is O=C(O)C1CCCCN1C(=O)CSCC1CCCCO1. The zero-order valence-corrected chi connectivity index (χ0v) is 12.6. The first-order valence-electron chi connectivity index (χ1n) is 7.40. The Kier molecular flexibility index (Phi) is 6.16. The molecule has 2 atom stereocenters. The van der Waals surface area contributed by atoms with Gasteiger partial charge in [0.1, 0.15) is 6.04 Å². The summed E-state index contributed by atoms with van der Waals surface area (Å²) in [5.74, 6) is 0.276. The van der Waals surface area contributed by atoms with Crippen molar-refractivity contribution in [1.29, 1.82) is 0 Å². The van der Waals surface area contributed by atoms with E-state index < -0.39 is 12.0 Å². The predicted molar refractivity (Wildman–Crippen MR) is 77.9 cm³/mol. The standard InChI is InChI=1S/C14H23NO4S/c16-13(10-20-9-11-5-2-4-8-19-11)15-7-3-1-6-12(15)14(17)18/h11-12H,1-10H2,(H,17,18). The van der Waals surface area contributed by atoms with Gasteiger partial charge in [0, 0.05) is 18.9 Å². The van der Waals surface area contributed by atoms with E-state index in [2.05, 4.69) is 0 Å². The van der Waals surface area contributed by atoms with E-state index in [-0.39, 0.29) is 12.0 Å². The highest BCUT2D eigenvalue weighted by molar-refractivity contribution is 7.99. The van der Waals surface area contributed by atoms with Crippen molar-refractivity contribution in [3.05, 3.63) is 0 Å². The third-order valence-electron chi connectivity index (χ3n) is 3.91. The maximum Gasteiger partial charge on any atom is 0.326 e. The van der Waals surface area contributed by atoms with Crippen molar-refractivity contribution in [3.63, 3.8) is 0 Å². The van der Waals surface area contributed by atoms with Crippen LogP contribution >= 0.6 is 11.8 Å². The lowest BCUT2D eigenvalue weighted by Gasteiger charge is -2.33. The fraction of sp³-hybridized carbons (Fsp3) is 0.857. The summed E-state index contributed by atoms with van der Waals surface area (Å²) < 4.78 is 5.62. The van der Waals surface area contributed by atoms with Gasteiger partial charge in [-0.3, -0.25) is 4.79 Å². The summed E-state index contributed by atoms with van der Waals surface area (Å²) in [6.45, 7) is 1.41. The lowest BCUT2D eigenvalue weighted by Crippen LogP contribution is -2.48. The molecule has 0 aromatic carbocycles. The Hall–Kier alpha value is -0.750. The number of carbonyl (C=O) groups is 2. The van der Waals surface area contributed by atoms with Crippen LogP contribution in [0.2, 0.25) is 0 Å². The van der Waals surface area contributed by atoms with E-state index in [1.165, 1.54) is 6.42 Å². The number of likely N-dealkylation sites (tertiary alicyclic amines) is 1. The highest BCUT2D eigenvalue weighted by Crippen LogP contribution is 2.20. The van der Waals surface area contributed by atoms with Crippen molar-refractivity contribution in [3.8, 4) is 0 Å². The molecule has 0 bridgehead atoms. The second kappa shape index (κ2) is 7.88. The second-order valence-corrected chi connectivity index (χ2v) is 6.47. The molecule has 0 spiro atoms. The van der Waals surface area contributed by atoms with Crippen LogP contribution in [0.25, 0.3) is 0 Å². The number of hydrogen-bond donors (Lipinski definition) is 1. The van der Waals surface area contributed by atoms with Gasteiger partial charge in [-0.25, -0.2) is 4.79 Å². The Morgan fingerprint density at radius 2 is 2.00 bits per heavy atom. The molecule has 2 saturated heterocycles. The molecule has 2 rings (SSSR count). The minimum Gasteiger partial charge on any atom is -0.480 e. The second-order valence-electron chi connectivity index (χ2n) is 5.44. The van der Waals surface area contributed by atoms with Crippen molar-refractivity contribution < 1.29 is 19.4 Å². The summed E-state index contributed by atoms with van der Waals surface area (Å²) in [5, 5.41) is 9.17. The quantitative estimate of drug-likeness (QED) is 0.838. The average Bonchev–Trinajstić information content (AvgIpc) is 2.48. The smallest absolute Gasteiger partial charge is 0.326 e. The highest BCUT2D eigenvalue weighted by atomic mass is 32.2. The zero-order valence-electron chi connectivity index (χ0n) is 11.8. The average molecular weight is 301 g/mol. The molecule has 2 heterocycles. The van der Waals surface area contributed by atoms with Crippen molar-refractivity contribution in [2.45, 2.75) is 50.7 Å². The molecule has 6 heteroatoms. The first-order valence-corrected chi connectivity index (χ1v) is 8.55. The first-order chi connectivity index (χ1) is 9.68. The number of carboxylic acids is 1. The van der Waals surface area contributed by atoms with E-state index in [1.54, 1.807) is 16.7 Å². The molecule has 5 nitrogen and oxygen atoms in total. The molecule has 1 amide bonds. The summed E-state index contributed by atoms with van der Waals surface area (Å²) in [5.41, 5.74) is 0. The molecule has 0 saturated carbocycles. The number of aliphatic carboxylic acids is 1. The number of thioether (sulfide) groups is 1. The summed E-state index contributed by atoms with van der Waals surface area (Å²) in [6, 6.07) is -0.622. The van der Waals surface area contributed by atoms with Gasteiger partial charge >= 0.3 is 5.97 Å². The fourth-order valence-corrected chi connectivity index (χ4v) is 3.77. The van der Waals surface area contributed by atoms with Gasteiger partial charge in [-0.2, -0.15) is 0 Å². The topological polar surface area (TPSA) is 66.8 Å². The van der Waals surface area contributed by atoms with E-state index in [0.29, 0.717) is 18.7 Å². The van der Waals surface area contributed by atoms with Gasteiger partial charge in [0.05, 0.1) is 11.9 Å². The van der Waals surface area contributed by atoms with Gasteiger partial charge < -0.3 is 14.7 Å². The first kappa shape index (κ1) is 15.6. The predicted octanol–water partition coefficient (Wildman–Crippen LogP) is 1.75. The lowest BCUT2D eigenvalue weighted by atomic mass is 10.0. The van der Waals surface area contributed by atoms with E-state index in [0.717, 1.165) is 38.0 Å². The highest BCUT2D eigenvalue weighted by Gasteiger charge is 2.31. The van der Waals surface area contributed by atoms with Crippen LogP contribution in [-0.2, 0) is 14.3 Å². The Morgan fingerprint density at radius 3 is 2.70 bits per heavy atom. The van der Waals surface area contributed by atoms with Gasteiger partial charge in [-0.05, 0) is 38.5 Å². The number of nitrogens with zero attached hydrogens (tertiary/aromatic N) is 1. The monoisotopic (exact) mass is 301 g/mol. The van der Waals surface area contributed by atoms with E-state index in [9.17, 15) is 9.59 Å². The van der Waals surface area contributed by atoms with E-state index in [1.807, 2.05) is 0 Å². The fourth-order valence-electron chi connectivity index (χ4n) is 2.79. The van der Waals surface area contributed by atoms with Crippen molar-refractivity contribution in [2.24, 2.45) is 0 Å². The van der Waals surface area contributed by atoms with Gasteiger partial charge in [0.25, 0.3) is 0 Å². The third kappa shape index (κ3) is 4.38. The normalized spacial score (nSPS) is 27.3. The molecule has 0 aliphatic carbocycles. The third-order valence-corrected chi connectivity index (χ3v) is 4.97. The minimum atomic E-state index is -0.876. The Labute approximate surface area is 124 Å². The van der Waals surface area contributed by atoms with Gasteiger partial charge in [0.2, 0.25) is 5.91 Å². The largest absolute Gasteiger partial charge is 0.480 e. The van der Waals surface area contributed by atoms with Crippen LogP contribution in [0.5, 0.6) is 0 Å². The molecular weight excluding hydrogens is 278 g/mol. The molecule has 0 aromatic heterocycles. The number of rotatable bonds is 5. The summed E-state index contributed by atoms with van der Waals surface area (Å²) in [7, 11) is 0. The van der Waals surface area contributed by atoms with Gasteiger partial charge in [0.15, 0.2) is 0 Å². The molecule has 2 aliphatic rings. The van der Waals surface area contributed by atoms with Gasteiger partial charge in [-0.15, -0.1) is 11.8 Å². The number of piperidine rings is 1. The number of ether oxygens (including phenoxy) is 1. The van der Waals surface area contributed by atoms with E-state index in [4.69, 9.17) is 9.84 Å². The van der Waals surface area contributed by atoms with Crippen LogP contribution in [-0.4, -0.2) is 58.7 Å². The van der Waals surface area contributed by atoms with Gasteiger partial charge in [-0.1, -0.05) is 0 Å². The number of carbonyl (C=O) groups excluding carboxylic acids is 1. The Balaban J connectivity index is 1.73. The van der Waals surface area contributed by atoms with Crippen molar-refractivity contribution in [1.82, 2.24) is 4.90 Å². The van der Waals surface area contributed by atoms with Crippen LogP contribution in [0.4, 0.5) is 0 Å². The van der Waals surface area contributed by atoms with Crippen LogP contribution in [0.1, 0.15) is 38.5 Å². The molecule has 20 heavy (non-hydrogen) atoms. The van der Waals surface area contributed by atoms with E-state index >= 15 is 0 Å². The molecule has 0 aromatic rings. The molecular formula is C14H23NO4S. The minimum absolute atomic E-state index is 0.0436. The molecule has 1 N–H and O–H groups in total. The molecule has 2 aliphatic heterocycles.